The monoisotopic (exact) mass is 233 g/mol. The zero-order chi connectivity index (χ0) is 11.8. The third-order valence-electron chi connectivity index (χ3n) is 2.96. The van der Waals surface area contributed by atoms with Gasteiger partial charge in [0.05, 0.1) is 6.20 Å². The molecule has 0 amide bonds. The molecule has 3 nitrogen and oxygen atoms in total. The van der Waals surface area contributed by atoms with Crippen LogP contribution in [0, 0.1) is 5.92 Å². The maximum atomic E-state index is 12.6. The maximum Gasteiger partial charge on any atom is 0.433 e. The van der Waals surface area contributed by atoms with Gasteiger partial charge in [-0.1, -0.05) is 6.92 Å². The fourth-order valence-corrected chi connectivity index (χ4v) is 2.23. The van der Waals surface area contributed by atoms with Crippen LogP contribution in [0.3, 0.4) is 0 Å². The largest absolute Gasteiger partial charge is 0.433 e. The third-order valence-corrected chi connectivity index (χ3v) is 2.96. The number of rotatable bonds is 1. The van der Waals surface area contributed by atoms with E-state index in [1.165, 1.54) is 6.20 Å². The molecular weight excluding hydrogens is 219 g/mol. The predicted octanol–water partition coefficient (Wildman–Crippen LogP) is 2.14. The molecule has 2 N–H and O–H groups in total. The molecule has 1 aromatic rings. The highest BCUT2D eigenvalue weighted by molar-refractivity contribution is 5.25. The van der Waals surface area contributed by atoms with Gasteiger partial charge in [-0.05, 0) is 18.9 Å². The van der Waals surface area contributed by atoms with Gasteiger partial charge < -0.3 is 5.32 Å². The van der Waals surface area contributed by atoms with Gasteiger partial charge in [0.25, 0.3) is 0 Å². The quantitative estimate of drug-likeness (QED) is 0.780. The topological polar surface area (TPSA) is 40.7 Å². The summed E-state index contributed by atoms with van der Waals surface area (Å²) in [5.41, 5.74) is -0.417. The zero-order valence-electron chi connectivity index (χ0n) is 8.93. The highest BCUT2D eigenvalue weighted by Crippen LogP contribution is 2.36. The third kappa shape index (κ3) is 2.21. The van der Waals surface area contributed by atoms with Crippen LogP contribution in [0.5, 0.6) is 0 Å². The van der Waals surface area contributed by atoms with Crippen molar-refractivity contribution in [2.45, 2.75) is 25.4 Å². The van der Waals surface area contributed by atoms with E-state index in [2.05, 4.69) is 15.5 Å². The standard InChI is InChI=1S/C10H14F3N3/c1-6-2-7(4-14-3-6)8-5-15-16-9(8)10(11,12)13/h5-7,14H,2-4H2,1H3,(H,15,16). The van der Waals surface area contributed by atoms with E-state index < -0.39 is 11.9 Å². The molecule has 0 bridgehead atoms. The molecule has 2 rings (SSSR count). The number of aromatic amines is 1. The maximum absolute atomic E-state index is 12.6. The van der Waals surface area contributed by atoms with E-state index in [0.717, 1.165) is 13.0 Å². The molecule has 0 saturated carbocycles. The van der Waals surface area contributed by atoms with Crippen LogP contribution in [0.15, 0.2) is 6.20 Å². The summed E-state index contributed by atoms with van der Waals surface area (Å²) < 4.78 is 37.9. The minimum atomic E-state index is -4.34. The Bertz CT molecular complexity index is 358. The Morgan fingerprint density at radius 1 is 1.38 bits per heavy atom. The van der Waals surface area contributed by atoms with Gasteiger partial charge in [-0.3, -0.25) is 5.10 Å². The summed E-state index contributed by atoms with van der Waals surface area (Å²) in [6, 6.07) is 0. The fraction of sp³-hybridized carbons (Fsp3) is 0.700. The van der Waals surface area contributed by atoms with E-state index in [9.17, 15) is 13.2 Å². The van der Waals surface area contributed by atoms with E-state index in [0.29, 0.717) is 12.5 Å². The molecular formula is C10H14F3N3. The van der Waals surface area contributed by atoms with Crippen molar-refractivity contribution < 1.29 is 13.2 Å². The number of hydrogen-bond acceptors (Lipinski definition) is 2. The van der Waals surface area contributed by atoms with Gasteiger partial charge in [0.2, 0.25) is 0 Å². The first-order valence-corrected chi connectivity index (χ1v) is 5.29. The SMILES string of the molecule is CC1CNCC(c2cn[nH]c2C(F)(F)F)C1. The molecule has 90 valence electrons. The van der Waals surface area contributed by atoms with Crippen LogP contribution in [0.1, 0.15) is 30.5 Å². The number of alkyl halides is 3. The Kier molecular flexibility index (Phi) is 2.92. The second kappa shape index (κ2) is 4.08. The number of H-pyrrole nitrogens is 1. The van der Waals surface area contributed by atoms with E-state index in [1.54, 1.807) is 0 Å². The van der Waals surface area contributed by atoms with Gasteiger partial charge in [-0.25, -0.2) is 0 Å². The molecule has 0 aromatic carbocycles. The molecule has 0 radical (unpaired) electrons. The average Bonchev–Trinajstić information content (AvgIpc) is 2.65. The van der Waals surface area contributed by atoms with Crippen molar-refractivity contribution in [2.75, 3.05) is 13.1 Å². The second-order valence-electron chi connectivity index (χ2n) is 4.39. The van der Waals surface area contributed by atoms with Gasteiger partial charge in [-0.15, -0.1) is 0 Å². The molecule has 1 aliphatic heterocycles. The summed E-state index contributed by atoms with van der Waals surface area (Å²) in [7, 11) is 0. The molecule has 0 spiro atoms. The number of nitrogens with one attached hydrogen (secondary N) is 2. The number of piperidine rings is 1. The molecule has 2 unspecified atom stereocenters. The van der Waals surface area contributed by atoms with Crippen molar-refractivity contribution in [3.8, 4) is 0 Å². The molecule has 1 aromatic heterocycles. The molecule has 16 heavy (non-hydrogen) atoms. The Hall–Kier alpha value is -1.04. The Morgan fingerprint density at radius 2 is 2.12 bits per heavy atom. The zero-order valence-corrected chi connectivity index (χ0v) is 8.93. The van der Waals surface area contributed by atoms with Crippen LogP contribution in [0.2, 0.25) is 0 Å². The summed E-state index contributed by atoms with van der Waals surface area (Å²) >= 11 is 0. The van der Waals surface area contributed by atoms with Crippen molar-refractivity contribution in [3.63, 3.8) is 0 Å². The molecule has 1 saturated heterocycles. The predicted molar refractivity (Wildman–Crippen MR) is 53.0 cm³/mol. The summed E-state index contributed by atoms with van der Waals surface area (Å²) in [5, 5.41) is 8.71. The Morgan fingerprint density at radius 3 is 2.75 bits per heavy atom. The van der Waals surface area contributed by atoms with E-state index in [-0.39, 0.29) is 11.5 Å². The molecule has 6 heteroatoms. The van der Waals surface area contributed by atoms with Gasteiger partial charge in [-0.2, -0.15) is 18.3 Å². The first-order valence-electron chi connectivity index (χ1n) is 5.29. The van der Waals surface area contributed by atoms with E-state index in [1.807, 2.05) is 6.92 Å². The van der Waals surface area contributed by atoms with Crippen molar-refractivity contribution in [2.24, 2.45) is 5.92 Å². The minimum absolute atomic E-state index is 0.0980. The number of hydrogen-bond donors (Lipinski definition) is 2. The van der Waals surface area contributed by atoms with Crippen LogP contribution in [-0.4, -0.2) is 23.3 Å². The van der Waals surface area contributed by atoms with E-state index in [4.69, 9.17) is 0 Å². The molecule has 1 aliphatic rings. The van der Waals surface area contributed by atoms with Gasteiger partial charge in [0.15, 0.2) is 0 Å². The lowest BCUT2D eigenvalue weighted by molar-refractivity contribution is -0.142. The van der Waals surface area contributed by atoms with E-state index >= 15 is 0 Å². The molecule has 1 fully saturated rings. The molecule has 2 atom stereocenters. The second-order valence-corrected chi connectivity index (χ2v) is 4.39. The van der Waals surface area contributed by atoms with Crippen LogP contribution < -0.4 is 5.32 Å². The average molecular weight is 233 g/mol. The first kappa shape index (κ1) is 11.4. The highest BCUT2D eigenvalue weighted by atomic mass is 19.4. The first-order chi connectivity index (χ1) is 7.48. The normalized spacial score (nSPS) is 27.0. The lowest BCUT2D eigenvalue weighted by Crippen LogP contribution is -2.34. The Labute approximate surface area is 91.4 Å². The van der Waals surface area contributed by atoms with Crippen molar-refractivity contribution in [3.05, 3.63) is 17.5 Å². The highest BCUT2D eigenvalue weighted by Gasteiger charge is 2.38. The number of aromatic nitrogens is 2. The fourth-order valence-electron chi connectivity index (χ4n) is 2.23. The van der Waals surface area contributed by atoms with Crippen molar-refractivity contribution >= 4 is 0 Å². The summed E-state index contributed by atoms with van der Waals surface area (Å²) in [5.74, 6) is 0.300. The molecule has 0 aliphatic carbocycles. The summed E-state index contributed by atoms with van der Waals surface area (Å²) in [4.78, 5) is 0. The lowest BCUT2D eigenvalue weighted by atomic mass is 9.86. The van der Waals surface area contributed by atoms with Crippen LogP contribution in [0.25, 0.3) is 0 Å². The summed E-state index contributed by atoms with van der Waals surface area (Å²) in [6.07, 6.45) is -2.27. The number of halogens is 3. The van der Waals surface area contributed by atoms with Crippen LogP contribution in [0.4, 0.5) is 13.2 Å². The van der Waals surface area contributed by atoms with Gasteiger partial charge >= 0.3 is 6.18 Å². The van der Waals surface area contributed by atoms with Crippen molar-refractivity contribution in [1.82, 2.24) is 15.5 Å². The summed E-state index contributed by atoms with van der Waals surface area (Å²) in [6.45, 7) is 3.50. The minimum Gasteiger partial charge on any atom is -0.316 e. The van der Waals surface area contributed by atoms with Crippen LogP contribution in [-0.2, 0) is 6.18 Å². The van der Waals surface area contributed by atoms with Gasteiger partial charge in [0.1, 0.15) is 5.69 Å². The van der Waals surface area contributed by atoms with Crippen molar-refractivity contribution in [1.29, 1.82) is 0 Å². The lowest BCUT2D eigenvalue weighted by Gasteiger charge is -2.28. The molecule has 2 heterocycles. The van der Waals surface area contributed by atoms with Crippen LogP contribution >= 0.6 is 0 Å². The smallest absolute Gasteiger partial charge is 0.316 e. The Balaban J connectivity index is 2.23. The van der Waals surface area contributed by atoms with Gasteiger partial charge in [0, 0.05) is 18.0 Å². The number of nitrogens with zero attached hydrogens (tertiary/aromatic N) is 1.